The van der Waals surface area contributed by atoms with Gasteiger partial charge in [-0.2, -0.15) is 0 Å². The second-order valence-corrected chi connectivity index (χ2v) is 6.29. The SMILES string of the molecule is Cc1cc(NC(=O)NCC2CCCC2C(=O)O)ccc1Br. The third kappa shape index (κ3) is 4.20. The van der Waals surface area contributed by atoms with Crippen molar-refractivity contribution in [3.8, 4) is 0 Å². The normalized spacial score (nSPS) is 21.0. The number of nitrogens with one attached hydrogen (secondary N) is 2. The fourth-order valence-electron chi connectivity index (χ4n) is 2.73. The molecule has 1 fully saturated rings. The zero-order chi connectivity index (χ0) is 15.4. The summed E-state index contributed by atoms with van der Waals surface area (Å²) < 4.78 is 0.990. The van der Waals surface area contributed by atoms with Crippen LogP contribution in [0.5, 0.6) is 0 Å². The third-order valence-electron chi connectivity index (χ3n) is 3.92. The van der Waals surface area contributed by atoms with Crippen molar-refractivity contribution < 1.29 is 14.7 Å². The monoisotopic (exact) mass is 354 g/mol. The van der Waals surface area contributed by atoms with Crippen molar-refractivity contribution in [1.82, 2.24) is 5.32 Å². The van der Waals surface area contributed by atoms with Crippen LogP contribution in [0.25, 0.3) is 0 Å². The molecule has 2 amide bonds. The predicted molar refractivity (Wildman–Crippen MR) is 84.4 cm³/mol. The molecule has 2 unspecified atom stereocenters. The molecule has 1 aliphatic rings. The van der Waals surface area contributed by atoms with E-state index in [1.54, 1.807) is 0 Å². The number of amides is 2. The van der Waals surface area contributed by atoms with Gasteiger partial charge in [-0.25, -0.2) is 4.79 Å². The Kier molecular flexibility index (Phi) is 5.22. The molecule has 0 radical (unpaired) electrons. The molecule has 3 N–H and O–H groups in total. The first-order valence-corrected chi connectivity index (χ1v) is 7.80. The van der Waals surface area contributed by atoms with Gasteiger partial charge in [-0.3, -0.25) is 4.79 Å². The molecule has 6 heteroatoms. The largest absolute Gasteiger partial charge is 0.481 e. The van der Waals surface area contributed by atoms with Crippen molar-refractivity contribution in [1.29, 1.82) is 0 Å². The molecule has 0 heterocycles. The Labute approximate surface area is 132 Å². The minimum absolute atomic E-state index is 0.0277. The van der Waals surface area contributed by atoms with Gasteiger partial charge < -0.3 is 15.7 Å². The van der Waals surface area contributed by atoms with Crippen LogP contribution in [-0.4, -0.2) is 23.7 Å². The molecular formula is C15H19BrN2O3. The van der Waals surface area contributed by atoms with Crippen molar-refractivity contribution >= 4 is 33.6 Å². The Morgan fingerprint density at radius 2 is 2.14 bits per heavy atom. The first-order valence-electron chi connectivity index (χ1n) is 7.01. The number of aryl methyl sites for hydroxylation is 1. The van der Waals surface area contributed by atoms with Gasteiger partial charge in [0, 0.05) is 16.7 Å². The van der Waals surface area contributed by atoms with E-state index in [2.05, 4.69) is 26.6 Å². The van der Waals surface area contributed by atoms with Crippen LogP contribution in [0.1, 0.15) is 24.8 Å². The lowest BCUT2D eigenvalue weighted by atomic mass is 9.96. The number of halogens is 1. The lowest BCUT2D eigenvalue weighted by Gasteiger charge is -2.16. The number of carboxylic acids is 1. The Morgan fingerprint density at radius 3 is 2.81 bits per heavy atom. The summed E-state index contributed by atoms with van der Waals surface area (Å²) in [6.07, 6.45) is 2.47. The van der Waals surface area contributed by atoms with E-state index >= 15 is 0 Å². The number of rotatable bonds is 4. The van der Waals surface area contributed by atoms with Gasteiger partial charge in [0.25, 0.3) is 0 Å². The average molecular weight is 355 g/mol. The van der Waals surface area contributed by atoms with Gasteiger partial charge in [0.1, 0.15) is 0 Å². The second-order valence-electron chi connectivity index (χ2n) is 5.43. The fraction of sp³-hybridized carbons (Fsp3) is 0.467. The van der Waals surface area contributed by atoms with E-state index in [1.807, 2.05) is 25.1 Å². The highest BCUT2D eigenvalue weighted by Crippen LogP contribution is 2.31. The van der Waals surface area contributed by atoms with Gasteiger partial charge in [0.2, 0.25) is 0 Å². The third-order valence-corrected chi connectivity index (χ3v) is 4.81. The molecule has 21 heavy (non-hydrogen) atoms. The average Bonchev–Trinajstić information content (AvgIpc) is 2.89. The molecule has 0 spiro atoms. The van der Waals surface area contributed by atoms with Crippen LogP contribution in [0.4, 0.5) is 10.5 Å². The molecule has 2 atom stereocenters. The molecular weight excluding hydrogens is 336 g/mol. The van der Waals surface area contributed by atoms with Crippen LogP contribution in [0.2, 0.25) is 0 Å². The summed E-state index contributed by atoms with van der Waals surface area (Å²) in [6.45, 7) is 2.35. The van der Waals surface area contributed by atoms with Crippen molar-refractivity contribution in [3.63, 3.8) is 0 Å². The Bertz CT molecular complexity index is 548. The van der Waals surface area contributed by atoms with E-state index < -0.39 is 5.97 Å². The fourth-order valence-corrected chi connectivity index (χ4v) is 2.97. The molecule has 2 rings (SSSR count). The number of urea groups is 1. The molecule has 0 bridgehead atoms. The molecule has 114 valence electrons. The second kappa shape index (κ2) is 6.93. The lowest BCUT2D eigenvalue weighted by molar-refractivity contribution is -0.142. The first kappa shape index (κ1) is 15.8. The number of hydrogen-bond acceptors (Lipinski definition) is 2. The number of anilines is 1. The molecule has 1 aromatic carbocycles. The summed E-state index contributed by atoms with van der Waals surface area (Å²) >= 11 is 3.41. The Morgan fingerprint density at radius 1 is 1.38 bits per heavy atom. The molecule has 0 aromatic heterocycles. The van der Waals surface area contributed by atoms with Crippen molar-refractivity contribution in [2.45, 2.75) is 26.2 Å². The highest BCUT2D eigenvalue weighted by Gasteiger charge is 2.32. The van der Waals surface area contributed by atoms with E-state index in [4.69, 9.17) is 5.11 Å². The van der Waals surface area contributed by atoms with E-state index in [0.717, 1.165) is 28.6 Å². The van der Waals surface area contributed by atoms with Crippen molar-refractivity contribution in [3.05, 3.63) is 28.2 Å². The summed E-state index contributed by atoms with van der Waals surface area (Å²) in [4.78, 5) is 22.9. The van der Waals surface area contributed by atoms with E-state index in [1.165, 1.54) is 0 Å². The molecule has 5 nitrogen and oxygen atoms in total. The summed E-state index contributed by atoms with van der Waals surface area (Å²) in [5.74, 6) is -1.07. The van der Waals surface area contributed by atoms with Crippen LogP contribution >= 0.6 is 15.9 Å². The summed E-state index contributed by atoms with van der Waals surface area (Å²) in [6, 6.07) is 5.27. The molecule has 1 aromatic rings. The molecule has 1 aliphatic carbocycles. The van der Waals surface area contributed by atoms with E-state index in [9.17, 15) is 9.59 Å². The number of benzene rings is 1. The van der Waals surface area contributed by atoms with Gasteiger partial charge in [-0.1, -0.05) is 22.4 Å². The predicted octanol–water partition coefficient (Wildman–Crippen LogP) is 3.38. The maximum absolute atomic E-state index is 11.9. The smallest absolute Gasteiger partial charge is 0.319 e. The topological polar surface area (TPSA) is 78.4 Å². The standard InChI is InChI=1S/C15H19BrN2O3/c1-9-7-11(5-6-13(9)16)18-15(21)17-8-10-3-2-4-12(10)14(19)20/h5-7,10,12H,2-4,8H2,1H3,(H,19,20)(H2,17,18,21). The number of carboxylic acid groups (broad SMARTS) is 1. The summed E-state index contributed by atoms with van der Waals surface area (Å²) in [5.41, 5.74) is 1.75. The van der Waals surface area contributed by atoms with Gasteiger partial charge in [0.05, 0.1) is 5.92 Å². The molecule has 0 saturated heterocycles. The molecule has 1 saturated carbocycles. The highest BCUT2D eigenvalue weighted by atomic mass is 79.9. The highest BCUT2D eigenvalue weighted by molar-refractivity contribution is 9.10. The number of carbonyl (C=O) groups excluding carboxylic acids is 1. The zero-order valence-corrected chi connectivity index (χ0v) is 13.4. The molecule has 0 aliphatic heterocycles. The maximum Gasteiger partial charge on any atom is 0.319 e. The number of hydrogen-bond donors (Lipinski definition) is 3. The zero-order valence-electron chi connectivity index (χ0n) is 11.9. The van der Waals surface area contributed by atoms with Crippen molar-refractivity contribution in [2.24, 2.45) is 11.8 Å². The Balaban J connectivity index is 1.84. The lowest BCUT2D eigenvalue weighted by Crippen LogP contribution is -2.35. The van der Waals surface area contributed by atoms with Gasteiger partial charge in [0.15, 0.2) is 0 Å². The van der Waals surface area contributed by atoms with Gasteiger partial charge >= 0.3 is 12.0 Å². The summed E-state index contributed by atoms with van der Waals surface area (Å²) in [7, 11) is 0. The number of aliphatic carboxylic acids is 1. The van der Waals surface area contributed by atoms with Crippen LogP contribution in [-0.2, 0) is 4.79 Å². The maximum atomic E-state index is 11.9. The van der Waals surface area contributed by atoms with Crippen LogP contribution < -0.4 is 10.6 Å². The van der Waals surface area contributed by atoms with Gasteiger partial charge in [-0.05, 0) is 49.4 Å². The van der Waals surface area contributed by atoms with E-state index in [-0.39, 0.29) is 17.9 Å². The van der Waals surface area contributed by atoms with Crippen LogP contribution in [0, 0.1) is 18.8 Å². The van der Waals surface area contributed by atoms with Gasteiger partial charge in [-0.15, -0.1) is 0 Å². The van der Waals surface area contributed by atoms with Crippen LogP contribution in [0.3, 0.4) is 0 Å². The van der Waals surface area contributed by atoms with E-state index in [0.29, 0.717) is 13.0 Å². The quantitative estimate of drug-likeness (QED) is 0.775. The Hall–Kier alpha value is -1.56. The van der Waals surface area contributed by atoms with Crippen molar-refractivity contribution in [2.75, 3.05) is 11.9 Å². The summed E-state index contributed by atoms with van der Waals surface area (Å²) in [5, 5.41) is 14.6. The minimum atomic E-state index is -0.761. The van der Waals surface area contributed by atoms with Crippen LogP contribution in [0.15, 0.2) is 22.7 Å². The minimum Gasteiger partial charge on any atom is -0.481 e. The first-order chi connectivity index (χ1) is 9.97. The number of carbonyl (C=O) groups is 2.